The van der Waals surface area contributed by atoms with E-state index in [2.05, 4.69) is 24.2 Å². The van der Waals surface area contributed by atoms with Gasteiger partial charge in [-0.15, -0.1) is 0 Å². The number of carbonyl (C=O) groups is 1. The largest absolute Gasteiger partial charge is 0.317 e. The Hall–Kier alpha value is -2.76. The van der Waals surface area contributed by atoms with Crippen molar-refractivity contribution < 1.29 is 4.79 Å². The first-order valence-corrected chi connectivity index (χ1v) is 9.99. The average molecular weight is 408 g/mol. The maximum Gasteiger partial charge on any atom is 0.264 e. The van der Waals surface area contributed by atoms with Crippen LogP contribution in [0.15, 0.2) is 70.7 Å². The lowest BCUT2D eigenvalue weighted by molar-refractivity contribution is -0.115. The topological polar surface area (TPSA) is 46.4 Å². The molecule has 4 nitrogen and oxygen atoms in total. The van der Waals surface area contributed by atoms with Crippen LogP contribution in [0.1, 0.15) is 16.8 Å². The Morgan fingerprint density at radius 1 is 1.07 bits per heavy atom. The summed E-state index contributed by atoms with van der Waals surface area (Å²) in [4.78, 5) is 17.6. The molecule has 0 unspecified atom stereocenters. The molecule has 1 saturated heterocycles. The number of thioether (sulfide) groups is 1. The van der Waals surface area contributed by atoms with Crippen LogP contribution < -0.4 is 5.32 Å². The van der Waals surface area contributed by atoms with Crippen LogP contribution in [-0.2, 0) is 4.79 Å². The molecule has 1 aromatic heterocycles. The molecule has 0 radical (unpaired) electrons. The highest BCUT2D eigenvalue weighted by Gasteiger charge is 2.24. The smallest absolute Gasteiger partial charge is 0.264 e. The number of amidine groups is 1. The number of aromatic nitrogens is 1. The molecule has 0 saturated carbocycles. The van der Waals surface area contributed by atoms with E-state index in [0.717, 1.165) is 17.1 Å². The number of carbonyl (C=O) groups excluding carboxylic acids is 1. The quantitative estimate of drug-likeness (QED) is 0.571. The van der Waals surface area contributed by atoms with E-state index in [0.29, 0.717) is 15.1 Å². The van der Waals surface area contributed by atoms with E-state index in [1.165, 1.54) is 22.9 Å². The Balaban J connectivity index is 1.61. The van der Waals surface area contributed by atoms with Crippen LogP contribution >= 0.6 is 23.4 Å². The van der Waals surface area contributed by atoms with Crippen molar-refractivity contribution in [3.63, 3.8) is 0 Å². The Morgan fingerprint density at radius 3 is 2.61 bits per heavy atom. The molecule has 4 rings (SSSR count). The van der Waals surface area contributed by atoms with Gasteiger partial charge in [-0.2, -0.15) is 0 Å². The first kappa shape index (κ1) is 18.6. The summed E-state index contributed by atoms with van der Waals surface area (Å²) in [5.74, 6) is -0.142. The fourth-order valence-electron chi connectivity index (χ4n) is 2.88. The van der Waals surface area contributed by atoms with Gasteiger partial charge >= 0.3 is 0 Å². The predicted octanol–water partition coefficient (Wildman–Crippen LogP) is 5.64. The van der Waals surface area contributed by atoms with Gasteiger partial charge in [0.15, 0.2) is 5.17 Å². The number of aliphatic imine (C=N–C) groups is 1. The van der Waals surface area contributed by atoms with E-state index >= 15 is 0 Å². The van der Waals surface area contributed by atoms with Gasteiger partial charge in [-0.25, -0.2) is 4.99 Å². The molecule has 1 aliphatic rings. The number of rotatable bonds is 3. The van der Waals surface area contributed by atoms with Gasteiger partial charge in [0.25, 0.3) is 5.91 Å². The molecule has 1 fully saturated rings. The third-order valence-electron chi connectivity index (χ3n) is 4.54. The molecule has 0 atom stereocenters. The van der Waals surface area contributed by atoms with E-state index in [4.69, 9.17) is 11.6 Å². The zero-order valence-electron chi connectivity index (χ0n) is 15.4. The van der Waals surface area contributed by atoms with Crippen molar-refractivity contribution in [3.05, 3.63) is 87.5 Å². The molecule has 3 aromatic rings. The number of hydrogen-bond donors (Lipinski definition) is 1. The minimum Gasteiger partial charge on any atom is -0.317 e. The lowest BCUT2D eigenvalue weighted by atomic mass is 10.1. The summed E-state index contributed by atoms with van der Waals surface area (Å²) in [5, 5.41) is 4.12. The minimum atomic E-state index is -0.142. The summed E-state index contributed by atoms with van der Waals surface area (Å²) in [7, 11) is 0. The summed E-state index contributed by atoms with van der Waals surface area (Å²) < 4.78 is 2.01. The molecule has 6 heteroatoms. The van der Waals surface area contributed by atoms with Crippen LogP contribution in [0.2, 0.25) is 5.02 Å². The number of nitrogens with zero attached hydrogens (tertiary/aromatic N) is 2. The zero-order chi connectivity index (χ0) is 19.7. The molecule has 2 heterocycles. The second-order valence-electron chi connectivity index (χ2n) is 6.53. The number of benzene rings is 2. The molecule has 140 valence electrons. The Morgan fingerprint density at radius 2 is 1.86 bits per heavy atom. The van der Waals surface area contributed by atoms with Crippen LogP contribution in [0.3, 0.4) is 0 Å². The second kappa shape index (κ2) is 7.70. The number of amides is 1. The van der Waals surface area contributed by atoms with Crippen molar-refractivity contribution in [3.8, 4) is 5.69 Å². The summed E-state index contributed by atoms with van der Waals surface area (Å²) in [6.45, 7) is 4.12. The van der Waals surface area contributed by atoms with E-state index in [-0.39, 0.29) is 5.91 Å². The standard InChI is InChI=1S/C22H18ClN3OS/c1-14-5-8-17(12-15(14)2)24-22-25-21(27)20(28-22)13-19-4-3-11-26(19)18-9-6-16(23)7-10-18/h3-13H,1-2H3,(H,24,25,27)/b20-13-. The second-order valence-corrected chi connectivity index (χ2v) is 8.00. The predicted molar refractivity (Wildman–Crippen MR) is 118 cm³/mol. The van der Waals surface area contributed by atoms with Crippen molar-refractivity contribution in [2.24, 2.45) is 4.99 Å². The van der Waals surface area contributed by atoms with Crippen LogP contribution in [0.4, 0.5) is 5.69 Å². The van der Waals surface area contributed by atoms with Gasteiger partial charge in [-0.05, 0) is 91.3 Å². The van der Waals surface area contributed by atoms with Crippen molar-refractivity contribution >= 4 is 46.2 Å². The maximum absolute atomic E-state index is 12.4. The Bertz CT molecular complexity index is 1110. The van der Waals surface area contributed by atoms with E-state index < -0.39 is 0 Å². The molecule has 28 heavy (non-hydrogen) atoms. The van der Waals surface area contributed by atoms with E-state index in [1.54, 1.807) is 0 Å². The zero-order valence-corrected chi connectivity index (χ0v) is 17.0. The summed E-state index contributed by atoms with van der Waals surface area (Å²) in [5.41, 5.74) is 5.11. The van der Waals surface area contributed by atoms with Crippen LogP contribution in [0.25, 0.3) is 11.8 Å². The molecule has 2 aromatic carbocycles. The van der Waals surface area contributed by atoms with Gasteiger partial charge in [0.2, 0.25) is 0 Å². The highest BCUT2D eigenvalue weighted by Crippen LogP contribution is 2.29. The third kappa shape index (κ3) is 3.91. The molecule has 0 bridgehead atoms. The third-order valence-corrected chi connectivity index (χ3v) is 5.70. The van der Waals surface area contributed by atoms with Crippen LogP contribution in [0, 0.1) is 13.8 Å². The van der Waals surface area contributed by atoms with E-state index in [1.807, 2.05) is 71.4 Å². The van der Waals surface area contributed by atoms with Gasteiger partial charge in [0.1, 0.15) is 0 Å². The summed E-state index contributed by atoms with van der Waals surface area (Å²) in [6, 6.07) is 17.5. The molecule has 1 N–H and O–H groups in total. The highest BCUT2D eigenvalue weighted by atomic mass is 35.5. The normalized spacial score (nSPS) is 16.8. The lowest BCUT2D eigenvalue weighted by Gasteiger charge is -2.06. The van der Waals surface area contributed by atoms with Crippen molar-refractivity contribution in [2.75, 3.05) is 0 Å². The molecule has 1 aliphatic heterocycles. The van der Waals surface area contributed by atoms with Crippen molar-refractivity contribution in [2.45, 2.75) is 13.8 Å². The fourth-order valence-corrected chi connectivity index (χ4v) is 3.83. The first-order valence-electron chi connectivity index (χ1n) is 8.80. The van der Waals surface area contributed by atoms with Gasteiger partial charge in [-0.1, -0.05) is 17.7 Å². The number of hydrogen-bond acceptors (Lipinski definition) is 3. The van der Waals surface area contributed by atoms with Gasteiger partial charge in [0.05, 0.1) is 10.6 Å². The first-order chi connectivity index (χ1) is 13.5. The molecular formula is C22H18ClN3OS. The molecule has 1 amide bonds. The van der Waals surface area contributed by atoms with Crippen LogP contribution in [0.5, 0.6) is 0 Å². The molecule has 0 spiro atoms. The average Bonchev–Trinajstić information content (AvgIpc) is 3.26. The van der Waals surface area contributed by atoms with Crippen molar-refractivity contribution in [1.82, 2.24) is 9.88 Å². The Kier molecular flexibility index (Phi) is 5.11. The van der Waals surface area contributed by atoms with Gasteiger partial charge in [0, 0.05) is 22.6 Å². The maximum atomic E-state index is 12.4. The minimum absolute atomic E-state index is 0.142. The van der Waals surface area contributed by atoms with Crippen LogP contribution in [-0.4, -0.2) is 15.6 Å². The number of nitrogens with one attached hydrogen (secondary N) is 1. The van der Waals surface area contributed by atoms with Gasteiger partial charge < -0.3 is 9.88 Å². The highest BCUT2D eigenvalue weighted by molar-refractivity contribution is 8.18. The fraction of sp³-hybridized carbons (Fsp3) is 0.0909. The molecular weight excluding hydrogens is 390 g/mol. The summed E-state index contributed by atoms with van der Waals surface area (Å²) >= 11 is 7.32. The Labute approximate surface area is 172 Å². The monoisotopic (exact) mass is 407 g/mol. The summed E-state index contributed by atoms with van der Waals surface area (Å²) in [6.07, 6.45) is 3.83. The number of aryl methyl sites for hydroxylation is 2. The van der Waals surface area contributed by atoms with Gasteiger partial charge in [-0.3, -0.25) is 4.79 Å². The SMILES string of the molecule is Cc1ccc(N=C2NC(=O)/C(=C/c3cccn3-c3ccc(Cl)cc3)S2)cc1C. The lowest BCUT2D eigenvalue weighted by Crippen LogP contribution is -2.19. The van der Waals surface area contributed by atoms with E-state index in [9.17, 15) is 4.79 Å². The molecule has 0 aliphatic carbocycles. The van der Waals surface area contributed by atoms with Crippen molar-refractivity contribution in [1.29, 1.82) is 0 Å². The number of halogens is 1.